The minimum absolute atomic E-state index is 0.238. The molecule has 32 heavy (non-hydrogen) atoms. The van der Waals surface area contributed by atoms with E-state index in [1.54, 1.807) is 32.0 Å². The summed E-state index contributed by atoms with van der Waals surface area (Å²) in [4.78, 5) is 40.0. The van der Waals surface area contributed by atoms with Crippen molar-refractivity contribution in [2.45, 2.75) is 25.4 Å². The predicted molar refractivity (Wildman–Crippen MR) is 114 cm³/mol. The lowest BCUT2D eigenvalue weighted by atomic mass is 9.80. The Morgan fingerprint density at radius 3 is 2.41 bits per heavy atom. The molecule has 8 heteroatoms. The molecule has 0 radical (unpaired) electrons. The van der Waals surface area contributed by atoms with Crippen LogP contribution in [0.3, 0.4) is 0 Å². The summed E-state index contributed by atoms with van der Waals surface area (Å²) >= 11 is 0. The van der Waals surface area contributed by atoms with E-state index in [-0.39, 0.29) is 24.2 Å². The number of amides is 2. The lowest BCUT2D eigenvalue weighted by molar-refractivity contribution is -0.153. The fraction of sp³-hybridized carbons (Fsp3) is 0.375. The van der Waals surface area contributed by atoms with E-state index in [9.17, 15) is 18.8 Å². The van der Waals surface area contributed by atoms with Gasteiger partial charge in [0.25, 0.3) is 0 Å². The van der Waals surface area contributed by atoms with Gasteiger partial charge in [-0.05, 0) is 43.2 Å². The minimum atomic E-state index is -1.34. The van der Waals surface area contributed by atoms with E-state index < -0.39 is 29.4 Å². The Morgan fingerprint density at radius 1 is 1.12 bits per heavy atom. The predicted octanol–water partition coefficient (Wildman–Crippen LogP) is 2.70. The van der Waals surface area contributed by atoms with E-state index in [4.69, 9.17) is 9.47 Å². The van der Waals surface area contributed by atoms with Gasteiger partial charge in [-0.2, -0.15) is 0 Å². The van der Waals surface area contributed by atoms with Gasteiger partial charge in [-0.1, -0.05) is 24.3 Å². The van der Waals surface area contributed by atoms with Crippen LogP contribution in [0, 0.1) is 17.7 Å². The van der Waals surface area contributed by atoms with Crippen LogP contribution in [0.15, 0.2) is 42.5 Å². The summed E-state index contributed by atoms with van der Waals surface area (Å²) in [5.74, 6) is -2.69. The number of rotatable bonds is 5. The summed E-state index contributed by atoms with van der Waals surface area (Å²) < 4.78 is 23.9. The zero-order chi connectivity index (χ0) is 23.2. The second-order valence-corrected chi connectivity index (χ2v) is 8.21. The molecule has 3 unspecified atom stereocenters. The van der Waals surface area contributed by atoms with E-state index in [1.165, 1.54) is 31.3 Å². The second kappa shape index (κ2) is 8.02. The molecule has 0 saturated carbocycles. The van der Waals surface area contributed by atoms with E-state index in [2.05, 4.69) is 5.32 Å². The normalized spacial score (nSPS) is 26.9. The Balaban J connectivity index is 1.78. The lowest BCUT2D eigenvalue weighted by Crippen LogP contribution is -2.53. The smallest absolute Gasteiger partial charge is 0.326 e. The minimum Gasteiger partial charge on any atom is -0.496 e. The van der Waals surface area contributed by atoms with Crippen LogP contribution in [-0.2, 0) is 19.1 Å². The quantitative estimate of drug-likeness (QED) is 0.569. The van der Waals surface area contributed by atoms with Gasteiger partial charge in [0.2, 0.25) is 11.8 Å². The highest BCUT2D eigenvalue weighted by Gasteiger charge is 2.66. The number of likely N-dealkylation sites (tertiary alicyclic amines) is 1. The number of fused-ring (bicyclic) bond motifs is 1. The number of halogens is 1. The molecular weight excluding hydrogens is 415 g/mol. The average Bonchev–Trinajstić information content (AvgIpc) is 3.26. The first-order valence-corrected chi connectivity index (χ1v) is 10.4. The largest absolute Gasteiger partial charge is 0.496 e. The molecule has 2 aromatic rings. The van der Waals surface area contributed by atoms with Crippen molar-refractivity contribution in [3.8, 4) is 16.9 Å². The van der Waals surface area contributed by atoms with Crippen LogP contribution in [0.25, 0.3) is 11.1 Å². The third-order valence-corrected chi connectivity index (χ3v) is 6.54. The number of nitrogens with one attached hydrogen (secondary N) is 1. The Bertz CT molecular complexity index is 1090. The number of methoxy groups -OCH3 is 2. The fourth-order valence-electron chi connectivity index (χ4n) is 4.97. The molecule has 0 aromatic heterocycles. The molecular formula is C24H25FN2O5. The zero-order valence-electron chi connectivity index (χ0n) is 18.3. The topological polar surface area (TPSA) is 84.9 Å². The monoisotopic (exact) mass is 440 g/mol. The maximum Gasteiger partial charge on any atom is 0.326 e. The third-order valence-electron chi connectivity index (χ3n) is 6.54. The van der Waals surface area contributed by atoms with Crippen molar-refractivity contribution in [2.24, 2.45) is 11.8 Å². The third kappa shape index (κ3) is 3.17. The second-order valence-electron chi connectivity index (χ2n) is 8.21. The van der Waals surface area contributed by atoms with Gasteiger partial charge in [-0.3, -0.25) is 24.6 Å². The highest BCUT2D eigenvalue weighted by Crippen LogP contribution is 2.49. The van der Waals surface area contributed by atoms with Gasteiger partial charge in [0.05, 0.1) is 26.1 Å². The van der Waals surface area contributed by atoms with Gasteiger partial charge in [0.1, 0.15) is 17.1 Å². The van der Waals surface area contributed by atoms with Crippen LogP contribution < -0.4 is 10.1 Å². The summed E-state index contributed by atoms with van der Waals surface area (Å²) in [5.41, 5.74) is 0.889. The van der Waals surface area contributed by atoms with Gasteiger partial charge in [-0.15, -0.1) is 0 Å². The van der Waals surface area contributed by atoms with Crippen molar-refractivity contribution in [1.82, 2.24) is 10.2 Å². The molecule has 4 rings (SSSR count). The standard InChI is InChI=1S/C24H25FN2O5/c1-5-27-21(28)18-19(22(27)29)24(2,23(30)32-4)26-20(18)14-8-11-16(17(12-14)31-3)13-6-9-15(25)10-7-13/h6-12,18-20,26H,5H2,1-4H3/t18?,19?,20?,24-/m1/s1. The first-order valence-electron chi connectivity index (χ1n) is 10.4. The highest BCUT2D eigenvalue weighted by atomic mass is 19.1. The van der Waals surface area contributed by atoms with Crippen molar-refractivity contribution in [3.63, 3.8) is 0 Å². The van der Waals surface area contributed by atoms with Gasteiger partial charge in [0.15, 0.2) is 0 Å². The van der Waals surface area contributed by atoms with Crippen LogP contribution in [0.1, 0.15) is 25.5 Å². The Hall–Kier alpha value is -3.26. The van der Waals surface area contributed by atoms with Crippen LogP contribution in [0.4, 0.5) is 4.39 Å². The molecule has 2 aliphatic heterocycles. The van der Waals surface area contributed by atoms with Crippen LogP contribution in [0.2, 0.25) is 0 Å². The molecule has 2 aliphatic rings. The van der Waals surface area contributed by atoms with Crippen molar-refractivity contribution >= 4 is 17.8 Å². The van der Waals surface area contributed by atoms with E-state index >= 15 is 0 Å². The number of benzene rings is 2. The van der Waals surface area contributed by atoms with Gasteiger partial charge in [-0.25, -0.2) is 4.39 Å². The highest BCUT2D eigenvalue weighted by molar-refractivity contribution is 6.09. The van der Waals surface area contributed by atoms with E-state index in [1.807, 2.05) is 12.1 Å². The summed E-state index contributed by atoms with van der Waals surface area (Å²) in [6, 6.07) is 10.9. The molecule has 2 heterocycles. The van der Waals surface area contributed by atoms with Crippen molar-refractivity contribution in [2.75, 3.05) is 20.8 Å². The van der Waals surface area contributed by atoms with Crippen LogP contribution in [0.5, 0.6) is 5.75 Å². The Labute approximate surface area is 185 Å². The van der Waals surface area contributed by atoms with Crippen LogP contribution >= 0.6 is 0 Å². The van der Waals surface area contributed by atoms with Crippen LogP contribution in [-0.4, -0.2) is 49.0 Å². The molecule has 168 valence electrons. The summed E-state index contributed by atoms with van der Waals surface area (Å²) in [6.45, 7) is 3.57. The van der Waals surface area contributed by atoms with E-state index in [0.717, 1.165) is 11.1 Å². The first-order chi connectivity index (χ1) is 15.3. The number of hydrogen-bond acceptors (Lipinski definition) is 6. The molecule has 0 spiro atoms. The maximum atomic E-state index is 13.3. The van der Waals surface area contributed by atoms with Crippen molar-refractivity contribution in [1.29, 1.82) is 0 Å². The lowest BCUT2D eigenvalue weighted by Gasteiger charge is -2.28. The van der Waals surface area contributed by atoms with Gasteiger partial charge >= 0.3 is 5.97 Å². The number of esters is 1. The fourth-order valence-corrected chi connectivity index (χ4v) is 4.97. The van der Waals surface area contributed by atoms with Gasteiger partial charge in [0, 0.05) is 18.2 Å². The summed E-state index contributed by atoms with van der Waals surface area (Å²) in [5, 5.41) is 3.21. The Kier molecular flexibility index (Phi) is 5.50. The molecule has 2 aromatic carbocycles. The molecule has 0 bridgehead atoms. The number of imide groups is 1. The molecule has 4 atom stereocenters. The molecule has 0 aliphatic carbocycles. The summed E-state index contributed by atoms with van der Waals surface area (Å²) in [7, 11) is 2.79. The van der Waals surface area contributed by atoms with Crippen molar-refractivity contribution < 1.29 is 28.2 Å². The molecule has 1 N–H and O–H groups in total. The molecule has 2 saturated heterocycles. The average molecular weight is 440 g/mol. The van der Waals surface area contributed by atoms with Gasteiger partial charge < -0.3 is 9.47 Å². The zero-order valence-corrected chi connectivity index (χ0v) is 18.3. The molecule has 2 amide bonds. The number of ether oxygens (including phenoxy) is 2. The number of hydrogen-bond donors (Lipinski definition) is 1. The number of nitrogens with zero attached hydrogens (tertiary/aromatic N) is 1. The molecule has 7 nitrogen and oxygen atoms in total. The van der Waals surface area contributed by atoms with Crippen molar-refractivity contribution in [3.05, 3.63) is 53.8 Å². The molecule has 2 fully saturated rings. The van der Waals surface area contributed by atoms with E-state index in [0.29, 0.717) is 11.3 Å². The maximum absolute atomic E-state index is 13.3. The number of carbonyl (C=O) groups is 3. The first kappa shape index (κ1) is 22.0. The SMILES string of the molecule is CCN1C(=O)C2C(c3ccc(-c4ccc(F)cc4)c(OC)c3)N[C@@](C)(C(=O)OC)C2C1=O. The summed E-state index contributed by atoms with van der Waals surface area (Å²) in [6.07, 6.45) is 0. The Morgan fingerprint density at radius 2 is 1.81 bits per heavy atom. The number of carbonyl (C=O) groups excluding carboxylic acids is 3.